The number of nitrogens with one attached hydrogen (secondary N) is 1. The molecule has 3 heteroatoms. The highest BCUT2D eigenvalue weighted by molar-refractivity contribution is 6.33. The Hall–Kier alpha value is -1.02. The molecule has 2 rings (SSSR count). The Balaban J connectivity index is 2.55. The number of halogens is 2. The van der Waals surface area contributed by atoms with Crippen molar-refractivity contribution in [3.05, 3.63) is 68.7 Å². The third kappa shape index (κ3) is 3.35. The topological polar surface area (TPSA) is 12.0 Å². The Labute approximate surface area is 130 Å². The van der Waals surface area contributed by atoms with Gasteiger partial charge in [0, 0.05) is 10.0 Å². The molecule has 0 aliphatic carbocycles. The first-order chi connectivity index (χ1) is 9.52. The zero-order chi connectivity index (χ0) is 14.7. The predicted molar refractivity (Wildman–Crippen MR) is 87.9 cm³/mol. The summed E-state index contributed by atoms with van der Waals surface area (Å²) in [6.07, 6.45) is 0. The molecule has 0 aliphatic rings. The normalized spacial score (nSPS) is 12.4. The molecule has 2 aromatic carbocycles. The molecule has 1 N–H and O–H groups in total. The van der Waals surface area contributed by atoms with E-state index in [1.165, 1.54) is 16.7 Å². The molecule has 0 aliphatic heterocycles. The average Bonchev–Trinajstić information content (AvgIpc) is 2.42. The van der Waals surface area contributed by atoms with Gasteiger partial charge in [0.2, 0.25) is 0 Å². The molecule has 1 unspecified atom stereocenters. The van der Waals surface area contributed by atoms with Crippen LogP contribution in [0.1, 0.15) is 35.2 Å². The molecule has 20 heavy (non-hydrogen) atoms. The fraction of sp³-hybridized carbons (Fsp3) is 0.294. The number of aryl methyl sites for hydroxylation is 2. The van der Waals surface area contributed by atoms with Crippen LogP contribution in [0.2, 0.25) is 10.0 Å². The predicted octanol–water partition coefficient (Wildman–Crippen LogP) is 5.31. The third-order valence-electron chi connectivity index (χ3n) is 3.42. The fourth-order valence-corrected chi connectivity index (χ4v) is 2.81. The SMILES string of the molecule is CCNC(c1cc(C)ccc1C)c1cc(Cl)ccc1Cl. The molecular weight excluding hydrogens is 289 g/mol. The van der Waals surface area contributed by atoms with Crippen molar-refractivity contribution in [2.24, 2.45) is 0 Å². The van der Waals surface area contributed by atoms with Crippen LogP contribution in [-0.4, -0.2) is 6.54 Å². The minimum atomic E-state index is 0.0612. The van der Waals surface area contributed by atoms with Gasteiger partial charge in [0.15, 0.2) is 0 Å². The van der Waals surface area contributed by atoms with Gasteiger partial charge < -0.3 is 5.32 Å². The first-order valence-electron chi connectivity index (χ1n) is 6.78. The molecule has 0 amide bonds. The van der Waals surface area contributed by atoms with Gasteiger partial charge in [0.05, 0.1) is 6.04 Å². The van der Waals surface area contributed by atoms with Crippen LogP contribution in [-0.2, 0) is 0 Å². The van der Waals surface area contributed by atoms with Crippen LogP contribution in [0.25, 0.3) is 0 Å². The summed E-state index contributed by atoms with van der Waals surface area (Å²) in [5.74, 6) is 0. The minimum Gasteiger partial charge on any atom is -0.306 e. The Morgan fingerprint density at radius 1 is 1.00 bits per heavy atom. The number of hydrogen-bond acceptors (Lipinski definition) is 1. The van der Waals surface area contributed by atoms with Crippen molar-refractivity contribution in [2.45, 2.75) is 26.8 Å². The number of hydrogen-bond donors (Lipinski definition) is 1. The van der Waals surface area contributed by atoms with E-state index in [1.807, 2.05) is 18.2 Å². The summed E-state index contributed by atoms with van der Waals surface area (Å²) in [4.78, 5) is 0. The molecule has 1 nitrogen and oxygen atoms in total. The van der Waals surface area contributed by atoms with Crippen molar-refractivity contribution in [3.8, 4) is 0 Å². The Kier molecular flexibility index (Phi) is 5.09. The van der Waals surface area contributed by atoms with Crippen LogP contribution in [0, 0.1) is 13.8 Å². The van der Waals surface area contributed by atoms with Gasteiger partial charge in [-0.2, -0.15) is 0 Å². The van der Waals surface area contributed by atoms with Crippen LogP contribution in [0.4, 0.5) is 0 Å². The van der Waals surface area contributed by atoms with Crippen LogP contribution in [0.15, 0.2) is 36.4 Å². The largest absolute Gasteiger partial charge is 0.306 e. The zero-order valence-corrected chi connectivity index (χ0v) is 13.5. The summed E-state index contributed by atoms with van der Waals surface area (Å²) in [6.45, 7) is 7.18. The zero-order valence-electron chi connectivity index (χ0n) is 12.0. The molecule has 0 radical (unpaired) electrons. The fourth-order valence-electron chi connectivity index (χ4n) is 2.40. The van der Waals surface area contributed by atoms with E-state index in [9.17, 15) is 0 Å². The molecule has 106 valence electrons. The van der Waals surface area contributed by atoms with E-state index in [4.69, 9.17) is 23.2 Å². The van der Waals surface area contributed by atoms with E-state index in [2.05, 4.69) is 44.3 Å². The van der Waals surface area contributed by atoms with Gasteiger partial charge in [-0.25, -0.2) is 0 Å². The maximum atomic E-state index is 6.37. The molecule has 0 bridgehead atoms. The van der Waals surface area contributed by atoms with Gasteiger partial charge in [-0.1, -0.05) is 53.9 Å². The standard InChI is InChI=1S/C17H19Cl2N/c1-4-20-17(14-9-11(2)5-6-12(14)3)15-10-13(18)7-8-16(15)19/h5-10,17,20H,4H2,1-3H3. The molecule has 0 aromatic heterocycles. The monoisotopic (exact) mass is 307 g/mol. The van der Waals surface area contributed by atoms with Crippen molar-refractivity contribution in [1.29, 1.82) is 0 Å². The molecule has 0 spiro atoms. The van der Waals surface area contributed by atoms with Gasteiger partial charge in [-0.15, -0.1) is 0 Å². The summed E-state index contributed by atoms with van der Waals surface area (Å²) in [7, 11) is 0. The van der Waals surface area contributed by atoms with E-state index < -0.39 is 0 Å². The summed E-state index contributed by atoms with van der Waals surface area (Å²) in [5, 5.41) is 4.95. The van der Waals surface area contributed by atoms with E-state index in [0.717, 1.165) is 17.1 Å². The molecule has 1 atom stereocenters. The first-order valence-corrected chi connectivity index (χ1v) is 7.54. The van der Waals surface area contributed by atoms with Crippen LogP contribution < -0.4 is 5.32 Å². The maximum absolute atomic E-state index is 6.37. The summed E-state index contributed by atoms with van der Waals surface area (Å²) in [6, 6.07) is 12.2. The second-order valence-electron chi connectivity index (χ2n) is 5.02. The van der Waals surface area contributed by atoms with Crippen molar-refractivity contribution < 1.29 is 0 Å². The summed E-state index contributed by atoms with van der Waals surface area (Å²) < 4.78 is 0. The summed E-state index contributed by atoms with van der Waals surface area (Å²) >= 11 is 12.5. The van der Waals surface area contributed by atoms with Crippen molar-refractivity contribution in [2.75, 3.05) is 6.54 Å². The molecule has 2 aromatic rings. The van der Waals surface area contributed by atoms with E-state index in [0.29, 0.717) is 5.02 Å². The molecule has 0 saturated carbocycles. The van der Waals surface area contributed by atoms with E-state index >= 15 is 0 Å². The van der Waals surface area contributed by atoms with Gasteiger partial charge >= 0.3 is 0 Å². The Morgan fingerprint density at radius 3 is 2.45 bits per heavy atom. The second kappa shape index (κ2) is 6.62. The maximum Gasteiger partial charge on any atom is 0.0594 e. The van der Waals surface area contributed by atoms with Gasteiger partial charge in [-0.05, 0) is 55.3 Å². The van der Waals surface area contributed by atoms with Gasteiger partial charge in [-0.3, -0.25) is 0 Å². The molecule has 0 saturated heterocycles. The lowest BCUT2D eigenvalue weighted by Gasteiger charge is -2.22. The van der Waals surface area contributed by atoms with Crippen LogP contribution in [0.3, 0.4) is 0 Å². The lowest BCUT2D eigenvalue weighted by atomic mass is 9.93. The van der Waals surface area contributed by atoms with Crippen molar-refractivity contribution in [1.82, 2.24) is 5.32 Å². The highest BCUT2D eigenvalue weighted by atomic mass is 35.5. The van der Waals surface area contributed by atoms with Crippen molar-refractivity contribution >= 4 is 23.2 Å². The highest BCUT2D eigenvalue weighted by Crippen LogP contribution is 2.32. The van der Waals surface area contributed by atoms with E-state index in [-0.39, 0.29) is 6.04 Å². The second-order valence-corrected chi connectivity index (χ2v) is 5.86. The number of rotatable bonds is 4. The minimum absolute atomic E-state index is 0.0612. The van der Waals surface area contributed by atoms with E-state index in [1.54, 1.807) is 0 Å². The smallest absolute Gasteiger partial charge is 0.0594 e. The van der Waals surface area contributed by atoms with Crippen molar-refractivity contribution in [3.63, 3.8) is 0 Å². The average molecular weight is 308 g/mol. The molecular formula is C17H19Cl2N. The Morgan fingerprint density at radius 2 is 1.75 bits per heavy atom. The molecule has 0 heterocycles. The quantitative estimate of drug-likeness (QED) is 0.807. The third-order valence-corrected chi connectivity index (χ3v) is 4.00. The highest BCUT2D eigenvalue weighted by Gasteiger charge is 2.18. The van der Waals surface area contributed by atoms with Crippen LogP contribution in [0.5, 0.6) is 0 Å². The first kappa shape index (κ1) is 15.4. The lowest BCUT2D eigenvalue weighted by molar-refractivity contribution is 0.627. The number of benzene rings is 2. The van der Waals surface area contributed by atoms with Gasteiger partial charge in [0.25, 0.3) is 0 Å². The van der Waals surface area contributed by atoms with Crippen LogP contribution >= 0.6 is 23.2 Å². The Bertz CT molecular complexity index is 556. The lowest BCUT2D eigenvalue weighted by Crippen LogP contribution is -2.23. The summed E-state index contributed by atoms with van der Waals surface area (Å²) in [5.41, 5.74) is 4.76. The van der Waals surface area contributed by atoms with Gasteiger partial charge in [0.1, 0.15) is 0 Å². The molecule has 0 fully saturated rings.